The molecule has 142 valence electrons. The Hall–Kier alpha value is -3.09. The average Bonchev–Trinajstić information content (AvgIpc) is 2.71. The monoisotopic (exact) mass is 370 g/mol. The fraction of sp³-hybridized carbons (Fsp3) is 0.300. The van der Waals surface area contributed by atoms with Crippen molar-refractivity contribution in [3.8, 4) is 0 Å². The number of carbonyl (C=O) groups is 1. The molecule has 0 unspecified atom stereocenters. The van der Waals surface area contributed by atoms with Crippen LogP contribution in [0.1, 0.15) is 12.5 Å². The van der Waals surface area contributed by atoms with Gasteiger partial charge in [-0.1, -0.05) is 30.3 Å². The highest BCUT2D eigenvalue weighted by atomic mass is 19.1. The number of para-hydroxylation sites is 1. The molecular formula is C20H23FN4O2. The lowest BCUT2D eigenvalue weighted by Gasteiger charge is -2.35. The fourth-order valence-corrected chi connectivity index (χ4v) is 2.89. The number of piperazine rings is 1. The number of ether oxygens (including phenoxy) is 1. The lowest BCUT2D eigenvalue weighted by Crippen LogP contribution is -2.51. The second-order valence-electron chi connectivity index (χ2n) is 6.07. The van der Waals surface area contributed by atoms with Crippen LogP contribution in [0.3, 0.4) is 0 Å². The molecule has 0 saturated carbocycles. The van der Waals surface area contributed by atoms with Crippen molar-refractivity contribution in [1.82, 2.24) is 9.80 Å². The Morgan fingerprint density at radius 2 is 1.67 bits per heavy atom. The number of nitrogens with zero attached hydrogens (tertiary/aromatic N) is 3. The third-order valence-electron chi connectivity index (χ3n) is 4.28. The van der Waals surface area contributed by atoms with Crippen molar-refractivity contribution in [3.63, 3.8) is 0 Å². The van der Waals surface area contributed by atoms with Crippen LogP contribution in [0, 0.1) is 5.82 Å². The maximum atomic E-state index is 14.4. The van der Waals surface area contributed by atoms with E-state index in [0.29, 0.717) is 44.2 Å². The van der Waals surface area contributed by atoms with Crippen LogP contribution in [-0.4, -0.2) is 54.5 Å². The van der Waals surface area contributed by atoms with Crippen LogP contribution in [0.25, 0.3) is 0 Å². The predicted molar refractivity (Wildman–Crippen MR) is 103 cm³/mol. The molecule has 0 radical (unpaired) electrons. The number of nitrogens with one attached hydrogen (secondary N) is 1. The summed E-state index contributed by atoms with van der Waals surface area (Å²) in [5.74, 6) is 0.180. The average molecular weight is 370 g/mol. The van der Waals surface area contributed by atoms with Gasteiger partial charge < -0.3 is 14.5 Å². The Morgan fingerprint density at radius 3 is 2.33 bits per heavy atom. The van der Waals surface area contributed by atoms with E-state index in [9.17, 15) is 9.18 Å². The molecule has 0 bridgehead atoms. The van der Waals surface area contributed by atoms with E-state index in [1.165, 1.54) is 6.07 Å². The molecule has 3 rings (SSSR count). The number of hydrogen-bond donors (Lipinski definition) is 1. The zero-order valence-electron chi connectivity index (χ0n) is 15.3. The highest BCUT2D eigenvalue weighted by Crippen LogP contribution is 2.15. The van der Waals surface area contributed by atoms with Crippen LogP contribution >= 0.6 is 0 Å². The van der Waals surface area contributed by atoms with Gasteiger partial charge in [-0.05, 0) is 31.2 Å². The Bertz CT molecular complexity index is 790. The molecule has 1 amide bonds. The minimum absolute atomic E-state index is 0.316. The first-order chi connectivity index (χ1) is 13.2. The predicted octanol–water partition coefficient (Wildman–Crippen LogP) is 3.37. The molecule has 1 N–H and O–H groups in total. The number of halogens is 1. The van der Waals surface area contributed by atoms with E-state index < -0.39 is 0 Å². The molecule has 2 aromatic carbocycles. The molecule has 1 heterocycles. The lowest BCUT2D eigenvalue weighted by molar-refractivity contribution is 0.0920. The van der Waals surface area contributed by atoms with Crippen LogP contribution in [0.15, 0.2) is 59.7 Å². The first-order valence-corrected chi connectivity index (χ1v) is 8.99. The normalized spacial score (nSPS) is 14.8. The molecule has 27 heavy (non-hydrogen) atoms. The van der Waals surface area contributed by atoms with Gasteiger partial charge in [0.1, 0.15) is 5.82 Å². The topological polar surface area (TPSA) is 57.2 Å². The van der Waals surface area contributed by atoms with Crippen LogP contribution in [0.4, 0.5) is 14.9 Å². The summed E-state index contributed by atoms with van der Waals surface area (Å²) in [7, 11) is 0. The Kier molecular flexibility index (Phi) is 6.25. The van der Waals surface area contributed by atoms with Crippen molar-refractivity contribution in [3.05, 3.63) is 66.0 Å². The summed E-state index contributed by atoms with van der Waals surface area (Å²) in [5, 5.41) is 4.47. The molecule has 0 atom stereocenters. The molecule has 1 saturated heterocycles. The van der Waals surface area contributed by atoms with Crippen LogP contribution < -0.4 is 5.43 Å². The number of carbonyl (C=O) groups excluding carboxylic acids is 1. The van der Waals surface area contributed by atoms with E-state index in [4.69, 9.17) is 4.74 Å². The third-order valence-corrected chi connectivity index (χ3v) is 4.28. The van der Waals surface area contributed by atoms with Gasteiger partial charge in [0.25, 0.3) is 0 Å². The smallest absolute Gasteiger partial charge is 0.409 e. The molecule has 1 aliphatic heterocycles. The summed E-state index contributed by atoms with van der Waals surface area (Å²) < 4.78 is 19.5. The number of hydrogen-bond acceptors (Lipinski definition) is 4. The van der Waals surface area contributed by atoms with Gasteiger partial charge in [-0.3, -0.25) is 5.43 Å². The lowest BCUT2D eigenvalue weighted by atomic mass is 10.1. The number of rotatable bonds is 4. The molecule has 1 fully saturated rings. The van der Waals surface area contributed by atoms with E-state index in [-0.39, 0.29) is 11.9 Å². The Labute approximate surface area is 158 Å². The molecule has 7 heteroatoms. The van der Waals surface area contributed by atoms with Gasteiger partial charge in [-0.2, -0.15) is 5.10 Å². The minimum atomic E-state index is -0.334. The maximum Gasteiger partial charge on any atom is 0.409 e. The quantitative estimate of drug-likeness (QED) is 0.509. The Balaban J connectivity index is 1.79. The van der Waals surface area contributed by atoms with Gasteiger partial charge in [-0.15, -0.1) is 0 Å². The SMILES string of the molecule is CCOC(=O)N1CCN(C(=NNc2ccccc2)c2ccccc2F)CC1. The van der Waals surface area contributed by atoms with Crippen molar-refractivity contribution in [2.24, 2.45) is 5.10 Å². The van der Waals surface area contributed by atoms with E-state index >= 15 is 0 Å². The zero-order valence-corrected chi connectivity index (χ0v) is 15.3. The van der Waals surface area contributed by atoms with Crippen LogP contribution in [0.2, 0.25) is 0 Å². The summed E-state index contributed by atoms with van der Waals surface area (Å²) in [6.07, 6.45) is -0.316. The van der Waals surface area contributed by atoms with Gasteiger partial charge in [0.05, 0.1) is 17.9 Å². The van der Waals surface area contributed by atoms with E-state index in [0.717, 1.165) is 5.69 Å². The van der Waals surface area contributed by atoms with Gasteiger partial charge in [-0.25, -0.2) is 9.18 Å². The molecule has 0 aromatic heterocycles. The molecule has 0 spiro atoms. The second-order valence-corrected chi connectivity index (χ2v) is 6.07. The number of amidine groups is 1. The largest absolute Gasteiger partial charge is 0.450 e. The molecule has 6 nitrogen and oxygen atoms in total. The Morgan fingerprint density at radius 1 is 1.04 bits per heavy atom. The first kappa shape index (κ1) is 18.7. The van der Waals surface area contributed by atoms with Gasteiger partial charge in [0.15, 0.2) is 5.84 Å². The maximum absolute atomic E-state index is 14.4. The van der Waals surface area contributed by atoms with E-state index in [1.807, 2.05) is 35.2 Å². The standard InChI is InChI=1S/C20H23FN4O2/c1-2-27-20(26)25-14-12-24(13-15-25)19(17-10-6-7-11-18(17)21)23-22-16-8-4-3-5-9-16/h3-11,22H,2,12-15H2,1H3. The van der Waals surface area contributed by atoms with Crippen molar-refractivity contribution in [2.75, 3.05) is 38.2 Å². The minimum Gasteiger partial charge on any atom is -0.450 e. The van der Waals surface area contributed by atoms with Crippen molar-refractivity contribution in [2.45, 2.75) is 6.92 Å². The molecule has 1 aliphatic rings. The van der Waals surface area contributed by atoms with Crippen molar-refractivity contribution in [1.29, 1.82) is 0 Å². The van der Waals surface area contributed by atoms with Crippen LogP contribution in [-0.2, 0) is 4.74 Å². The molecule has 0 aliphatic carbocycles. The number of benzene rings is 2. The summed E-state index contributed by atoms with van der Waals surface area (Å²) in [4.78, 5) is 15.5. The summed E-state index contributed by atoms with van der Waals surface area (Å²) in [6, 6.07) is 16.1. The number of amides is 1. The van der Waals surface area contributed by atoms with Crippen molar-refractivity contribution < 1.29 is 13.9 Å². The van der Waals surface area contributed by atoms with E-state index in [1.54, 1.807) is 30.0 Å². The number of anilines is 1. The molecular weight excluding hydrogens is 347 g/mol. The van der Waals surface area contributed by atoms with Gasteiger partial charge in [0, 0.05) is 26.2 Å². The third kappa shape index (κ3) is 4.75. The molecule has 2 aromatic rings. The van der Waals surface area contributed by atoms with Crippen LogP contribution in [0.5, 0.6) is 0 Å². The second kappa shape index (κ2) is 9.02. The summed E-state index contributed by atoms with van der Waals surface area (Å²) in [6.45, 7) is 4.22. The van der Waals surface area contributed by atoms with Gasteiger partial charge >= 0.3 is 6.09 Å². The number of hydrazone groups is 1. The highest BCUT2D eigenvalue weighted by Gasteiger charge is 2.25. The summed E-state index contributed by atoms with van der Waals surface area (Å²) >= 11 is 0. The van der Waals surface area contributed by atoms with Gasteiger partial charge in [0.2, 0.25) is 0 Å². The first-order valence-electron chi connectivity index (χ1n) is 8.99. The summed E-state index contributed by atoms with van der Waals surface area (Å²) in [5.41, 5.74) is 4.23. The van der Waals surface area contributed by atoms with Crippen molar-refractivity contribution >= 4 is 17.6 Å². The highest BCUT2D eigenvalue weighted by molar-refractivity contribution is 5.99. The fourth-order valence-electron chi connectivity index (χ4n) is 2.89. The zero-order chi connectivity index (χ0) is 19.1. The van der Waals surface area contributed by atoms with E-state index in [2.05, 4.69) is 10.5 Å².